The zero-order chi connectivity index (χ0) is 29.4. The summed E-state index contributed by atoms with van der Waals surface area (Å²) in [5.41, 5.74) is 2.06. The molecule has 0 radical (unpaired) electrons. The average molecular weight is 571 g/mol. The Morgan fingerprint density at radius 3 is 2.40 bits per heavy atom. The van der Waals surface area contributed by atoms with Crippen molar-refractivity contribution in [3.63, 3.8) is 0 Å². The zero-order valence-corrected chi connectivity index (χ0v) is 25.2. The fraction of sp³-hybridized carbons (Fsp3) is 0.517. The van der Waals surface area contributed by atoms with Gasteiger partial charge in [-0.25, -0.2) is 14.6 Å². The van der Waals surface area contributed by atoms with Crippen molar-refractivity contribution < 1.29 is 19.1 Å². The van der Waals surface area contributed by atoms with Crippen molar-refractivity contribution in [1.82, 2.24) is 19.5 Å². The van der Waals surface area contributed by atoms with Gasteiger partial charge in [0, 0.05) is 30.4 Å². The molecule has 2 aromatic heterocycles. The van der Waals surface area contributed by atoms with E-state index in [9.17, 15) is 9.59 Å². The van der Waals surface area contributed by atoms with Gasteiger partial charge in [0.1, 0.15) is 22.2 Å². The third-order valence-corrected chi connectivity index (χ3v) is 6.33. The summed E-state index contributed by atoms with van der Waals surface area (Å²) in [5.74, 6) is 0.633. The maximum absolute atomic E-state index is 13.5. The second-order valence-corrected chi connectivity index (χ2v) is 12.8. The van der Waals surface area contributed by atoms with Crippen LogP contribution in [0.3, 0.4) is 0 Å². The van der Waals surface area contributed by atoms with Crippen LogP contribution in [-0.2, 0) is 16.0 Å². The molecule has 3 aromatic rings. The quantitative estimate of drug-likeness (QED) is 0.338. The number of rotatable bonds is 6. The molecule has 0 atom stereocenters. The van der Waals surface area contributed by atoms with Crippen LogP contribution < -0.4 is 10.2 Å². The summed E-state index contributed by atoms with van der Waals surface area (Å²) in [6.07, 6.45) is 0.918. The molecule has 10 nitrogen and oxygen atoms in total. The van der Waals surface area contributed by atoms with Crippen molar-refractivity contribution in [2.75, 3.05) is 23.3 Å². The summed E-state index contributed by atoms with van der Waals surface area (Å²) >= 11 is 6.44. The minimum atomic E-state index is -0.702. The van der Waals surface area contributed by atoms with E-state index in [2.05, 4.69) is 29.2 Å². The van der Waals surface area contributed by atoms with E-state index in [1.54, 1.807) is 21.7 Å². The number of carbonyl (C=O) groups excluding carboxylic acids is 2. The normalized spacial score (nSPS) is 14.3. The molecule has 1 aliphatic rings. The topological polar surface area (TPSA) is 101 Å². The Labute approximate surface area is 240 Å². The number of hydrogen-bond donors (Lipinski definition) is 1. The molecule has 4 rings (SSSR count). The van der Waals surface area contributed by atoms with Crippen LogP contribution in [0.5, 0.6) is 0 Å². The van der Waals surface area contributed by atoms with Crippen LogP contribution in [0.15, 0.2) is 36.5 Å². The van der Waals surface area contributed by atoms with Gasteiger partial charge in [-0.15, -0.1) is 0 Å². The van der Waals surface area contributed by atoms with Gasteiger partial charge in [0.2, 0.25) is 0 Å². The van der Waals surface area contributed by atoms with Crippen molar-refractivity contribution in [2.24, 2.45) is 0 Å². The number of nitrogens with one attached hydrogen (secondary N) is 1. The van der Waals surface area contributed by atoms with E-state index in [-0.39, 0.29) is 29.8 Å². The smallest absolute Gasteiger partial charge is 0.416 e. The van der Waals surface area contributed by atoms with Crippen molar-refractivity contribution >= 4 is 40.9 Å². The minimum absolute atomic E-state index is 0.0990. The van der Waals surface area contributed by atoms with E-state index in [1.807, 2.05) is 65.8 Å². The monoisotopic (exact) mass is 570 g/mol. The lowest BCUT2D eigenvalue weighted by molar-refractivity contribution is 0.0105. The molecule has 1 N–H and O–H groups in total. The molecular formula is C29H39ClN6O4. The van der Waals surface area contributed by atoms with E-state index in [0.29, 0.717) is 24.6 Å². The van der Waals surface area contributed by atoms with Gasteiger partial charge in [-0.05, 0) is 65.2 Å². The summed E-state index contributed by atoms with van der Waals surface area (Å²) in [6.45, 7) is 16.5. The Balaban J connectivity index is 1.56. The number of benzene rings is 1. The van der Waals surface area contributed by atoms with E-state index in [4.69, 9.17) is 21.1 Å². The minimum Gasteiger partial charge on any atom is -0.444 e. The van der Waals surface area contributed by atoms with Crippen LogP contribution >= 0.6 is 11.6 Å². The highest BCUT2D eigenvalue weighted by Crippen LogP contribution is 2.29. The molecular weight excluding hydrogens is 532 g/mol. The lowest BCUT2D eigenvalue weighted by Gasteiger charge is -2.40. The molecule has 0 saturated carbocycles. The summed E-state index contributed by atoms with van der Waals surface area (Å²) in [6, 6.07) is 9.53. The van der Waals surface area contributed by atoms with Crippen LogP contribution in [0.4, 0.5) is 21.1 Å². The van der Waals surface area contributed by atoms with Gasteiger partial charge in [-0.1, -0.05) is 37.6 Å². The van der Waals surface area contributed by atoms with Gasteiger partial charge in [0.25, 0.3) is 0 Å². The molecule has 0 bridgehead atoms. The maximum atomic E-state index is 13.5. The number of carbonyl (C=O) groups is 2. The van der Waals surface area contributed by atoms with Gasteiger partial charge < -0.3 is 19.7 Å². The van der Waals surface area contributed by atoms with E-state index in [1.165, 1.54) is 4.90 Å². The molecule has 1 aliphatic heterocycles. The first-order chi connectivity index (χ1) is 18.6. The molecule has 216 valence electrons. The molecule has 1 fully saturated rings. The fourth-order valence-electron chi connectivity index (χ4n) is 4.31. The van der Waals surface area contributed by atoms with Gasteiger partial charge in [0.15, 0.2) is 5.65 Å². The maximum Gasteiger partial charge on any atom is 0.416 e. The standard InChI is InChI=1S/C29H39ClN6O4/c1-18(2)22-14-31-36-24(13-23(30)33-25(22)36)35(27(38)40-29(6,7)8)15-19-10-9-11-20(12-19)32-21-16-34(17-21)26(37)39-28(3,4)5/h9-14,18,21,32H,15-17H2,1-8H3. The first kappa shape index (κ1) is 29.5. The van der Waals surface area contributed by atoms with Crippen LogP contribution in [0.1, 0.15) is 72.4 Å². The van der Waals surface area contributed by atoms with E-state index in [0.717, 1.165) is 16.8 Å². The number of fused-ring (bicyclic) bond motifs is 1. The molecule has 0 unspecified atom stereocenters. The number of nitrogens with zero attached hydrogens (tertiary/aromatic N) is 5. The first-order valence-electron chi connectivity index (χ1n) is 13.5. The molecule has 1 aromatic carbocycles. The average Bonchev–Trinajstić information content (AvgIpc) is 3.21. The molecule has 11 heteroatoms. The van der Waals surface area contributed by atoms with Crippen molar-refractivity contribution in [3.05, 3.63) is 52.8 Å². The Kier molecular flexibility index (Phi) is 8.21. The highest BCUT2D eigenvalue weighted by atomic mass is 35.5. The summed E-state index contributed by atoms with van der Waals surface area (Å²) in [5, 5.41) is 8.26. The summed E-state index contributed by atoms with van der Waals surface area (Å²) < 4.78 is 12.9. The number of likely N-dealkylation sites (tertiary alicyclic amines) is 1. The number of amides is 2. The Morgan fingerprint density at radius 2 is 1.77 bits per heavy atom. The van der Waals surface area contributed by atoms with Gasteiger partial charge in [-0.3, -0.25) is 4.90 Å². The Bertz CT molecular complexity index is 1390. The van der Waals surface area contributed by atoms with Crippen molar-refractivity contribution in [1.29, 1.82) is 0 Å². The molecule has 3 heterocycles. The molecule has 40 heavy (non-hydrogen) atoms. The highest BCUT2D eigenvalue weighted by Gasteiger charge is 2.34. The Morgan fingerprint density at radius 1 is 1.10 bits per heavy atom. The van der Waals surface area contributed by atoms with Crippen LogP contribution in [0.25, 0.3) is 5.65 Å². The van der Waals surface area contributed by atoms with E-state index < -0.39 is 17.3 Å². The fourth-order valence-corrected chi connectivity index (χ4v) is 4.49. The van der Waals surface area contributed by atoms with Gasteiger partial charge in [0.05, 0.1) is 18.8 Å². The van der Waals surface area contributed by atoms with Gasteiger partial charge >= 0.3 is 12.2 Å². The van der Waals surface area contributed by atoms with Crippen molar-refractivity contribution in [3.8, 4) is 0 Å². The number of anilines is 2. The summed E-state index contributed by atoms with van der Waals surface area (Å²) in [4.78, 5) is 33.5. The van der Waals surface area contributed by atoms with Crippen LogP contribution in [0, 0.1) is 0 Å². The third kappa shape index (κ3) is 7.15. The largest absolute Gasteiger partial charge is 0.444 e. The molecule has 1 saturated heterocycles. The lowest BCUT2D eigenvalue weighted by Crippen LogP contribution is -2.57. The molecule has 0 aliphatic carbocycles. The lowest BCUT2D eigenvalue weighted by atomic mass is 10.1. The highest BCUT2D eigenvalue weighted by molar-refractivity contribution is 6.29. The van der Waals surface area contributed by atoms with Crippen molar-refractivity contribution in [2.45, 2.75) is 85.1 Å². The SMILES string of the molecule is CC(C)c1cnn2c(N(Cc3cccc(NC4CN(C(=O)OC(C)(C)C)C4)c3)C(=O)OC(C)(C)C)cc(Cl)nc12. The third-order valence-electron chi connectivity index (χ3n) is 6.13. The van der Waals surface area contributed by atoms with E-state index >= 15 is 0 Å². The molecule has 2 amide bonds. The molecule has 0 spiro atoms. The number of halogens is 1. The van der Waals surface area contributed by atoms with Crippen LogP contribution in [0.2, 0.25) is 5.15 Å². The van der Waals surface area contributed by atoms with Gasteiger partial charge in [-0.2, -0.15) is 9.61 Å². The van der Waals surface area contributed by atoms with Crippen LogP contribution in [-0.4, -0.2) is 62.0 Å². The predicted octanol–water partition coefficient (Wildman–Crippen LogP) is 6.48. The summed E-state index contributed by atoms with van der Waals surface area (Å²) in [7, 11) is 0. The predicted molar refractivity (Wildman–Crippen MR) is 156 cm³/mol. The second-order valence-electron chi connectivity index (χ2n) is 12.4. The number of hydrogen-bond acceptors (Lipinski definition) is 7. The number of aromatic nitrogens is 3. The Hall–Kier alpha value is -3.53. The number of ether oxygens (including phenoxy) is 2. The second kappa shape index (κ2) is 11.2. The first-order valence-corrected chi connectivity index (χ1v) is 13.9. The zero-order valence-electron chi connectivity index (χ0n) is 24.5.